The SMILES string of the molecule is COCCc1noc([C@@H]2CCCCN2C(=O)NCCn2cccn2)n1. The van der Waals surface area contributed by atoms with Crippen LogP contribution in [0, 0.1) is 0 Å². The molecule has 0 saturated carbocycles. The van der Waals surface area contributed by atoms with Crippen molar-refractivity contribution >= 4 is 6.03 Å². The predicted molar refractivity (Wildman–Crippen MR) is 88.8 cm³/mol. The molecule has 9 nitrogen and oxygen atoms in total. The predicted octanol–water partition coefficient (Wildman–Crippen LogP) is 1.39. The van der Waals surface area contributed by atoms with Crippen molar-refractivity contribution in [1.29, 1.82) is 0 Å². The van der Waals surface area contributed by atoms with Gasteiger partial charge in [0, 0.05) is 39.0 Å². The van der Waals surface area contributed by atoms with E-state index in [0.29, 0.717) is 44.4 Å². The first-order valence-electron chi connectivity index (χ1n) is 8.61. The molecule has 9 heteroatoms. The number of urea groups is 1. The topological polar surface area (TPSA) is 98.3 Å². The highest BCUT2D eigenvalue weighted by Gasteiger charge is 2.32. The third kappa shape index (κ3) is 4.56. The molecule has 0 spiro atoms. The summed E-state index contributed by atoms with van der Waals surface area (Å²) in [5.41, 5.74) is 0. The standard InChI is InChI=1S/C16H24N6O3/c1-24-12-6-14-19-15(25-20-14)13-5-2-3-10-22(13)16(23)17-8-11-21-9-4-7-18-21/h4,7,9,13H,2-3,5-6,8,10-12H2,1H3,(H,17,23)/t13-/m0/s1. The number of hydrogen-bond acceptors (Lipinski definition) is 6. The second-order valence-corrected chi connectivity index (χ2v) is 6.00. The van der Waals surface area contributed by atoms with Crippen molar-refractivity contribution in [3.63, 3.8) is 0 Å². The Morgan fingerprint density at radius 3 is 3.20 bits per heavy atom. The maximum atomic E-state index is 12.6. The fourth-order valence-electron chi connectivity index (χ4n) is 2.94. The van der Waals surface area contributed by atoms with Gasteiger partial charge in [-0.05, 0) is 25.3 Å². The first-order chi connectivity index (χ1) is 12.3. The quantitative estimate of drug-likeness (QED) is 0.812. The van der Waals surface area contributed by atoms with E-state index in [1.165, 1.54) is 0 Å². The normalized spacial score (nSPS) is 17.6. The number of amides is 2. The molecular weight excluding hydrogens is 324 g/mol. The van der Waals surface area contributed by atoms with Crippen molar-refractivity contribution in [3.05, 3.63) is 30.2 Å². The van der Waals surface area contributed by atoms with Gasteiger partial charge in [-0.15, -0.1) is 0 Å². The van der Waals surface area contributed by atoms with Gasteiger partial charge in [0.25, 0.3) is 0 Å². The second-order valence-electron chi connectivity index (χ2n) is 6.00. The average molecular weight is 348 g/mol. The first-order valence-corrected chi connectivity index (χ1v) is 8.61. The van der Waals surface area contributed by atoms with E-state index in [1.807, 2.05) is 12.3 Å². The van der Waals surface area contributed by atoms with Gasteiger partial charge in [0.15, 0.2) is 5.82 Å². The lowest BCUT2D eigenvalue weighted by Gasteiger charge is -2.33. The van der Waals surface area contributed by atoms with Crippen LogP contribution in [-0.2, 0) is 17.7 Å². The van der Waals surface area contributed by atoms with Crippen LogP contribution in [0.5, 0.6) is 0 Å². The van der Waals surface area contributed by atoms with Gasteiger partial charge in [0.2, 0.25) is 5.89 Å². The van der Waals surface area contributed by atoms with Crippen LogP contribution >= 0.6 is 0 Å². The van der Waals surface area contributed by atoms with Crippen molar-refractivity contribution in [2.45, 2.75) is 38.3 Å². The second kappa shape index (κ2) is 8.61. The number of likely N-dealkylation sites (tertiary alicyclic amines) is 1. The lowest BCUT2D eigenvalue weighted by atomic mass is 10.0. The van der Waals surface area contributed by atoms with E-state index in [-0.39, 0.29) is 12.1 Å². The molecule has 1 atom stereocenters. The molecule has 25 heavy (non-hydrogen) atoms. The Morgan fingerprint density at radius 1 is 1.48 bits per heavy atom. The van der Waals surface area contributed by atoms with Crippen LogP contribution in [0.1, 0.15) is 37.0 Å². The Morgan fingerprint density at radius 2 is 2.40 bits per heavy atom. The summed E-state index contributed by atoms with van der Waals surface area (Å²) >= 11 is 0. The molecule has 1 N–H and O–H groups in total. The average Bonchev–Trinajstić information content (AvgIpc) is 3.32. The Hall–Kier alpha value is -2.42. The van der Waals surface area contributed by atoms with Crippen LogP contribution in [0.25, 0.3) is 0 Å². The highest BCUT2D eigenvalue weighted by Crippen LogP contribution is 2.29. The maximum Gasteiger partial charge on any atom is 0.318 e. The zero-order valence-corrected chi connectivity index (χ0v) is 14.4. The fourth-order valence-corrected chi connectivity index (χ4v) is 2.94. The lowest BCUT2D eigenvalue weighted by molar-refractivity contribution is 0.132. The lowest BCUT2D eigenvalue weighted by Crippen LogP contribution is -2.45. The molecule has 3 rings (SSSR count). The van der Waals surface area contributed by atoms with Gasteiger partial charge in [-0.1, -0.05) is 5.16 Å². The van der Waals surface area contributed by atoms with Gasteiger partial charge in [-0.2, -0.15) is 10.1 Å². The number of carbonyl (C=O) groups is 1. The third-order valence-corrected chi connectivity index (χ3v) is 4.24. The Balaban J connectivity index is 1.57. The summed E-state index contributed by atoms with van der Waals surface area (Å²) < 4.78 is 12.2. The molecule has 0 unspecified atom stereocenters. The van der Waals surface area contributed by atoms with E-state index < -0.39 is 0 Å². The molecule has 0 aliphatic carbocycles. The third-order valence-electron chi connectivity index (χ3n) is 4.24. The van der Waals surface area contributed by atoms with Crippen LogP contribution in [0.15, 0.2) is 23.0 Å². The van der Waals surface area contributed by atoms with Gasteiger partial charge in [-0.25, -0.2) is 4.79 Å². The molecule has 1 saturated heterocycles. The van der Waals surface area contributed by atoms with Crippen molar-refractivity contribution in [2.75, 3.05) is 26.8 Å². The van der Waals surface area contributed by atoms with Crippen LogP contribution in [-0.4, -0.2) is 57.7 Å². The summed E-state index contributed by atoms with van der Waals surface area (Å²) in [6.45, 7) is 2.39. The van der Waals surface area contributed by atoms with E-state index in [4.69, 9.17) is 9.26 Å². The molecule has 1 aliphatic heterocycles. The Kier molecular flexibility index (Phi) is 5.99. The number of aromatic nitrogens is 4. The molecule has 2 aromatic heterocycles. The molecule has 3 heterocycles. The van der Waals surface area contributed by atoms with Crippen LogP contribution < -0.4 is 5.32 Å². The molecule has 1 fully saturated rings. The zero-order chi connectivity index (χ0) is 17.5. The smallest absolute Gasteiger partial charge is 0.318 e. The number of nitrogens with one attached hydrogen (secondary N) is 1. The van der Waals surface area contributed by atoms with Gasteiger partial charge < -0.3 is 19.5 Å². The van der Waals surface area contributed by atoms with E-state index in [0.717, 1.165) is 19.3 Å². The monoisotopic (exact) mass is 348 g/mol. The van der Waals surface area contributed by atoms with Crippen LogP contribution in [0.4, 0.5) is 4.79 Å². The number of methoxy groups -OCH3 is 1. The van der Waals surface area contributed by atoms with Gasteiger partial charge in [0.1, 0.15) is 6.04 Å². The number of rotatable bonds is 7. The Bertz CT molecular complexity index is 657. The van der Waals surface area contributed by atoms with E-state index in [2.05, 4.69) is 20.6 Å². The van der Waals surface area contributed by atoms with Crippen molar-refractivity contribution < 1.29 is 14.1 Å². The molecule has 0 radical (unpaired) electrons. The number of ether oxygens (including phenoxy) is 1. The molecular formula is C16H24N6O3. The first kappa shape index (κ1) is 17.4. The molecule has 1 aliphatic rings. The van der Waals surface area contributed by atoms with Gasteiger partial charge >= 0.3 is 6.03 Å². The zero-order valence-electron chi connectivity index (χ0n) is 14.4. The summed E-state index contributed by atoms with van der Waals surface area (Å²) in [6.07, 6.45) is 7.04. The van der Waals surface area contributed by atoms with Crippen molar-refractivity contribution in [3.8, 4) is 0 Å². The minimum atomic E-state index is -0.165. The minimum absolute atomic E-state index is 0.103. The highest BCUT2D eigenvalue weighted by atomic mass is 16.5. The maximum absolute atomic E-state index is 12.6. The number of carbonyl (C=O) groups excluding carboxylic acids is 1. The molecule has 136 valence electrons. The van der Waals surface area contributed by atoms with Crippen LogP contribution in [0.2, 0.25) is 0 Å². The summed E-state index contributed by atoms with van der Waals surface area (Å²) in [7, 11) is 1.64. The summed E-state index contributed by atoms with van der Waals surface area (Å²) in [5.74, 6) is 1.12. The van der Waals surface area contributed by atoms with Gasteiger partial charge in [-0.3, -0.25) is 4.68 Å². The molecule has 0 aromatic carbocycles. The molecule has 2 aromatic rings. The molecule has 0 bridgehead atoms. The van der Waals surface area contributed by atoms with E-state index in [9.17, 15) is 4.79 Å². The van der Waals surface area contributed by atoms with E-state index in [1.54, 1.807) is 22.9 Å². The summed E-state index contributed by atoms with van der Waals surface area (Å²) in [4.78, 5) is 18.8. The minimum Gasteiger partial charge on any atom is -0.384 e. The van der Waals surface area contributed by atoms with E-state index >= 15 is 0 Å². The number of nitrogens with zero attached hydrogens (tertiary/aromatic N) is 5. The Labute approximate surface area is 146 Å². The number of hydrogen-bond donors (Lipinski definition) is 1. The van der Waals surface area contributed by atoms with Crippen LogP contribution in [0.3, 0.4) is 0 Å². The summed E-state index contributed by atoms with van der Waals surface area (Å²) in [5, 5.41) is 11.1. The highest BCUT2D eigenvalue weighted by molar-refractivity contribution is 5.74. The molecule has 2 amide bonds. The largest absolute Gasteiger partial charge is 0.384 e. The van der Waals surface area contributed by atoms with Crippen molar-refractivity contribution in [2.24, 2.45) is 0 Å². The van der Waals surface area contributed by atoms with Crippen molar-refractivity contribution in [1.82, 2.24) is 30.1 Å². The summed E-state index contributed by atoms with van der Waals surface area (Å²) in [6, 6.07) is 1.59. The fraction of sp³-hybridized carbons (Fsp3) is 0.625. The number of piperidine rings is 1. The van der Waals surface area contributed by atoms with Gasteiger partial charge in [0.05, 0.1) is 13.2 Å².